The fourth-order valence-corrected chi connectivity index (χ4v) is 7.84. The Labute approximate surface area is 341 Å². The third-order valence-corrected chi connectivity index (χ3v) is 10.8. The van der Waals surface area contributed by atoms with Gasteiger partial charge in [0, 0.05) is 61.2 Å². The Balaban J connectivity index is 1.20. The van der Waals surface area contributed by atoms with Gasteiger partial charge in [-0.1, -0.05) is 12.2 Å². The minimum atomic E-state index is -0.591. The van der Waals surface area contributed by atoms with Crippen molar-refractivity contribution < 1.29 is 28.7 Å². The molecule has 0 bridgehead atoms. The average Bonchev–Trinajstić information content (AvgIpc) is 3.98. The molecule has 0 spiro atoms. The molecule has 1 fully saturated rings. The molecule has 5 aromatic rings. The van der Waals surface area contributed by atoms with Gasteiger partial charge < -0.3 is 30.8 Å². The number of amides is 4. The van der Waals surface area contributed by atoms with Crippen molar-refractivity contribution >= 4 is 46.7 Å². The first-order valence-electron chi connectivity index (χ1n) is 20.0. The minimum absolute atomic E-state index is 0.277. The van der Waals surface area contributed by atoms with Crippen LogP contribution in [-0.4, -0.2) is 72.6 Å². The second kappa shape index (κ2) is 17.5. The number of rotatable bonds is 16. The minimum Gasteiger partial charge on any atom is -0.493 e. The van der Waals surface area contributed by atoms with E-state index in [0.717, 1.165) is 49.3 Å². The molecule has 3 aromatic heterocycles. The number of aromatic nitrogens is 6. The highest BCUT2D eigenvalue weighted by Gasteiger charge is 2.32. The van der Waals surface area contributed by atoms with Crippen LogP contribution in [0.15, 0.2) is 60.3 Å². The van der Waals surface area contributed by atoms with Crippen molar-refractivity contribution in [1.82, 2.24) is 34.4 Å². The number of anilines is 1. The van der Waals surface area contributed by atoms with E-state index in [1.54, 1.807) is 51.8 Å². The third kappa shape index (κ3) is 8.82. The van der Waals surface area contributed by atoms with Gasteiger partial charge in [0.25, 0.3) is 11.8 Å². The van der Waals surface area contributed by atoms with Gasteiger partial charge in [-0.3, -0.25) is 33.9 Å². The van der Waals surface area contributed by atoms with E-state index in [4.69, 9.17) is 20.9 Å². The quantitative estimate of drug-likeness (QED) is 0.0958. The summed E-state index contributed by atoms with van der Waals surface area (Å²) >= 11 is 0. The number of nitrogens with two attached hydrogens (primary N) is 2. The van der Waals surface area contributed by atoms with Gasteiger partial charge in [-0.2, -0.15) is 10.2 Å². The molecule has 16 nitrogen and oxygen atoms in total. The van der Waals surface area contributed by atoms with E-state index in [0.29, 0.717) is 89.3 Å². The lowest BCUT2D eigenvalue weighted by Gasteiger charge is -2.23. The summed E-state index contributed by atoms with van der Waals surface area (Å²) in [5.41, 5.74) is 17.6. The number of nitrogens with zero attached hydrogens (tertiary/aromatic N) is 6. The number of nitrogens with one attached hydrogen (secondary N) is 2. The molecule has 2 aliphatic rings. The van der Waals surface area contributed by atoms with Crippen molar-refractivity contribution in [2.45, 2.75) is 78.9 Å². The van der Waals surface area contributed by atoms with Crippen LogP contribution in [0.2, 0.25) is 0 Å². The third-order valence-electron chi connectivity index (χ3n) is 10.8. The van der Waals surface area contributed by atoms with E-state index in [2.05, 4.69) is 25.8 Å². The number of allylic oxidation sites excluding steroid dienone is 3. The zero-order valence-corrected chi connectivity index (χ0v) is 33.8. The summed E-state index contributed by atoms with van der Waals surface area (Å²) in [6.07, 6.45) is 9.03. The molecule has 1 saturated heterocycles. The van der Waals surface area contributed by atoms with Gasteiger partial charge in [-0.05, 0) is 113 Å². The topological polar surface area (TPSA) is 216 Å². The Hall–Kier alpha value is -6.55. The number of primary amides is 2. The molecule has 1 aliphatic carbocycles. The number of aryl methyl sites for hydroxylation is 4. The number of fused-ring (bicyclic) bond motifs is 2. The number of carbonyl (C=O) groups excluding carboxylic acids is 4. The molecular weight excluding hydrogens is 753 g/mol. The highest BCUT2D eigenvalue weighted by molar-refractivity contribution is 6.03. The molecule has 59 heavy (non-hydrogen) atoms. The number of hydrogen-bond acceptors (Lipinski definition) is 9. The maximum Gasteiger partial charge on any atom is 0.276 e. The summed E-state index contributed by atoms with van der Waals surface area (Å²) in [5, 5.41) is 15.0. The van der Waals surface area contributed by atoms with E-state index < -0.39 is 11.8 Å². The number of benzene rings is 2. The van der Waals surface area contributed by atoms with Crippen molar-refractivity contribution in [3.8, 4) is 5.75 Å². The first-order chi connectivity index (χ1) is 28.4. The second-order valence-corrected chi connectivity index (χ2v) is 14.9. The van der Waals surface area contributed by atoms with Gasteiger partial charge in [0.15, 0.2) is 0 Å². The average molecular weight is 803 g/mol. The summed E-state index contributed by atoms with van der Waals surface area (Å²) in [5.74, 6) is -0.936. The smallest absolute Gasteiger partial charge is 0.276 e. The van der Waals surface area contributed by atoms with E-state index in [-0.39, 0.29) is 23.7 Å². The first-order valence-corrected chi connectivity index (χ1v) is 20.0. The van der Waals surface area contributed by atoms with Crippen LogP contribution in [0.4, 0.5) is 5.95 Å². The maximum absolute atomic E-state index is 13.8. The highest BCUT2D eigenvalue weighted by Crippen LogP contribution is 2.44. The van der Waals surface area contributed by atoms with Crippen LogP contribution in [0.3, 0.4) is 0 Å². The van der Waals surface area contributed by atoms with E-state index >= 15 is 0 Å². The van der Waals surface area contributed by atoms with Crippen LogP contribution in [0, 0.1) is 19.8 Å². The van der Waals surface area contributed by atoms with Gasteiger partial charge in [-0.15, -0.1) is 0 Å². The molecule has 1 atom stereocenters. The van der Waals surface area contributed by atoms with Crippen molar-refractivity contribution in [3.63, 3.8) is 0 Å². The van der Waals surface area contributed by atoms with Crippen molar-refractivity contribution in [3.05, 3.63) is 105 Å². The van der Waals surface area contributed by atoms with Crippen molar-refractivity contribution in [2.24, 2.45) is 17.4 Å². The zero-order chi connectivity index (χ0) is 41.8. The van der Waals surface area contributed by atoms with E-state index in [1.165, 1.54) is 0 Å². The standard InChI is InChI=1S/C43H50N10O6/c1-5-52-35(19-25(3)49-52)41(56)46-32-23-29-21-30(40(45)55)24-37(59-18-14-27-12-16-58-17-13-27)38(29)31(32)9-7-8-15-51-34-11-10-28(39(44)54)22-33(34)47-43(51)48-42(57)36-20-26(4)50-53(36)6-2/h7-8,10-11,19-24,27,31H,5-6,9,12-18H2,1-4H3,(H2,44,54)(H2,45,55)(H,46,56)(H,47,48,57)/b8-7+. The Bertz CT molecular complexity index is 2480. The summed E-state index contributed by atoms with van der Waals surface area (Å²) in [6.45, 7) is 10.7. The SMILES string of the molecule is CCn1nc(C)cc1C(=O)NC1=Cc2cc(C(N)=O)cc(OCCC3CCOCC3)c2C1C/C=C/Cn1c(NC(=O)c2cc(C)nn2CC)nc2cc(C(N)=O)ccc21. The van der Waals surface area contributed by atoms with E-state index in [1.807, 2.05) is 50.5 Å². The molecule has 16 heteroatoms. The fourth-order valence-electron chi connectivity index (χ4n) is 7.84. The lowest BCUT2D eigenvalue weighted by molar-refractivity contribution is 0.0592. The monoisotopic (exact) mass is 802 g/mol. The van der Waals surface area contributed by atoms with Crippen LogP contribution in [-0.2, 0) is 24.4 Å². The molecule has 0 radical (unpaired) electrons. The van der Waals surface area contributed by atoms with Crippen molar-refractivity contribution in [1.29, 1.82) is 0 Å². The molecule has 4 amide bonds. The van der Waals surface area contributed by atoms with Crippen LogP contribution in [0.5, 0.6) is 5.75 Å². The normalized spacial score (nSPS) is 15.4. The summed E-state index contributed by atoms with van der Waals surface area (Å²) in [4.78, 5) is 56.6. The van der Waals surface area contributed by atoms with Gasteiger partial charge in [-0.25, -0.2) is 4.98 Å². The molecule has 308 valence electrons. The fraction of sp³-hybridized carbons (Fsp3) is 0.372. The first kappa shape index (κ1) is 40.6. The second-order valence-electron chi connectivity index (χ2n) is 14.9. The molecule has 1 unspecified atom stereocenters. The highest BCUT2D eigenvalue weighted by atomic mass is 16.5. The summed E-state index contributed by atoms with van der Waals surface area (Å²) in [7, 11) is 0. The zero-order valence-electron chi connectivity index (χ0n) is 33.8. The molecule has 6 N–H and O–H groups in total. The van der Waals surface area contributed by atoms with E-state index in [9.17, 15) is 19.2 Å². The van der Waals surface area contributed by atoms with Crippen molar-refractivity contribution in [2.75, 3.05) is 25.1 Å². The maximum atomic E-state index is 13.8. The Morgan fingerprint density at radius 2 is 1.53 bits per heavy atom. The lowest BCUT2D eigenvalue weighted by atomic mass is 9.92. The molecule has 2 aromatic carbocycles. The van der Waals surface area contributed by atoms with Crippen LogP contribution < -0.4 is 26.8 Å². The number of ether oxygens (including phenoxy) is 2. The van der Waals surface area contributed by atoms with Crippen LogP contribution in [0.25, 0.3) is 17.1 Å². The molecular formula is C43H50N10O6. The summed E-state index contributed by atoms with van der Waals surface area (Å²) < 4.78 is 17.1. The summed E-state index contributed by atoms with van der Waals surface area (Å²) in [6, 6.07) is 11.9. The molecule has 1 aliphatic heterocycles. The van der Waals surface area contributed by atoms with Crippen LogP contribution in [0.1, 0.15) is 110 Å². The molecule has 7 rings (SSSR count). The largest absolute Gasteiger partial charge is 0.493 e. The predicted molar refractivity (Wildman–Crippen MR) is 222 cm³/mol. The lowest BCUT2D eigenvalue weighted by Crippen LogP contribution is -2.27. The number of hydrogen-bond donors (Lipinski definition) is 4. The number of carbonyl (C=O) groups is 4. The molecule has 4 heterocycles. The van der Waals surface area contributed by atoms with Gasteiger partial charge >= 0.3 is 0 Å². The Kier molecular flexibility index (Phi) is 12.1. The number of imidazole rings is 1. The van der Waals surface area contributed by atoms with Gasteiger partial charge in [0.2, 0.25) is 17.8 Å². The Morgan fingerprint density at radius 1 is 0.864 bits per heavy atom. The van der Waals surface area contributed by atoms with Gasteiger partial charge in [0.05, 0.1) is 29.0 Å². The van der Waals surface area contributed by atoms with Gasteiger partial charge in [0.1, 0.15) is 17.1 Å². The predicted octanol–water partition coefficient (Wildman–Crippen LogP) is 5.25. The Morgan fingerprint density at radius 3 is 2.17 bits per heavy atom. The van der Waals surface area contributed by atoms with Crippen LogP contribution >= 0.6 is 0 Å². The molecule has 0 saturated carbocycles.